The average Bonchev–Trinajstić information content (AvgIpc) is 2.80. The lowest BCUT2D eigenvalue weighted by Gasteiger charge is -2.10. The molecule has 0 amide bonds. The monoisotopic (exact) mass is 344 g/mol. The highest BCUT2D eigenvalue weighted by Gasteiger charge is 2.22. The fourth-order valence-corrected chi connectivity index (χ4v) is 3.30. The number of methoxy groups -OCH3 is 1. The molecule has 0 fully saturated rings. The third kappa shape index (κ3) is 4.67. The molecule has 1 aromatic rings. The molecule has 0 bridgehead atoms. The van der Waals surface area contributed by atoms with Gasteiger partial charge in [-0.2, -0.15) is 0 Å². The van der Waals surface area contributed by atoms with E-state index in [4.69, 9.17) is 21.7 Å². The maximum Gasteiger partial charge on any atom is 0.341 e. The SMILES string of the molecule is CCOC(=O)CNC(=S)Nc1sc(C)c(CC)c1C(=O)OC. The number of aryl methyl sites for hydroxylation is 1. The number of rotatable bonds is 6. The van der Waals surface area contributed by atoms with Gasteiger partial charge in [-0.25, -0.2) is 4.79 Å². The number of hydrogen-bond donors (Lipinski definition) is 2. The van der Waals surface area contributed by atoms with Crippen LogP contribution in [0.2, 0.25) is 0 Å². The molecule has 0 spiro atoms. The van der Waals surface area contributed by atoms with E-state index < -0.39 is 11.9 Å². The summed E-state index contributed by atoms with van der Waals surface area (Å²) in [7, 11) is 1.34. The first-order valence-electron chi connectivity index (χ1n) is 6.85. The van der Waals surface area contributed by atoms with Gasteiger partial charge in [-0.1, -0.05) is 6.92 Å². The molecule has 1 aromatic heterocycles. The Bertz CT molecular complexity index is 569. The van der Waals surface area contributed by atoms with Crippen molar-refractivity contribution in [1.29, 1.82) is 0 Å². The first-order chi connectivity index (χ1) is 10.4. The van der Waals surface area contributed by atoms with Gasteiger partial charge in [0.15, 0.2) is 5.11 Å². The lowest BCUT2D eigenvalue weighted by molar-refractivity contribution is -0.141. The van der Waals surface area contributed by atoms with E-state index in [-0.39, 0.29) is 11.7 Å². The normalized spacial score (nSPS) is 10.0. The number of thiophene rings is 1. The minimum Gasteiger partial charge on any atom is -0.465 e. The van der Waals surface area contributed by atoms with Crippen LogP contribution in [0.15, 0.2) is 0 Å². The van der Waals surface area contributed by atoms with Gasteiger partial charge < -0.3 is 20.1 Å². The Balaban J connectivity index is 2.82. The minimum atomic E-state index is -0.406. The molecule has 1 rings (SSSR count). The summed E-state index contributed by atoms with van der Waals surface area (Å²) in [5, 5.41) is 6.56. The number of thiocarbonyl (C=S) groups is 1. The van der Waals surface area contributed by atoms with E-state index in [0.29, 0.717) is 17.2 Å². The van der Waals surface area contributed by atoms with Gasteiger partial charge in [-0.15, -0.1) is 11.3 Å². The lowest BCUT2D eigenvalue weighted by Crippen LogP contribution is -2.34. The zero-order chi connectivity index (χ0) is 16.7. The van der Waals surface area contributed by atoms with Crippen LogP contribution in [0.1, 0.15) is 34.6 Å². The summed E-state index contributed by atoms with van der Waals surface area (Å²) in [4.78, 5) is 24.3. The van der Waals surface area contributed by atoms with Crippen LogP contribution >= 0.6 is 23.6 Å². The smallest absolute Gasteiger partial charge is 0.341 e. The summed E-state index contributed by atoms with van der Waals surface area (Å²) < 4.78 is 9.64. The molecule has 0 radical (unpaired) electrons. The van der Waals surface area contributed by atoms with E-state index in [9.17, 15) is 9.59 Å². The first-order valence-corrected chi connectivity index (χ1v) is 8.08. The van der Waals surface area contributed by atoms with Crippen molar-refractivity contribution in [2.24, 2.45) is 0 Å². The average molecular weight is 344 g/mol. The van der Waals surface area contributed by atoms with E-state index in [1.165, 1.54) is 18.4 Å². The molecule has 0 aliphatic heterocycles. The highest BCUT2D eigenvalue weighted by atomic mass is 32.1. The summed E-state index contributed by atoms with van der Waals surface area (Å²) in [5.41, 5.74) is 1.43. The first kappa shape index (κ1) is 18.4. The molecule has 0 saturated carbocycles. The molecule has 2 N–H and O–H groups in total. The molecule has 0 saturated heterocycles. The molecule has 0 unspecified atom stereocenters. The predicted octanol–water partition coefficient (Wildman–Crippen LogP) is 2.26. The highest BCUT2D eigenvalue weighted by Crippen LogP contribution is 2.33. The number of carbonyl (C=O) groups excluding carboxylic acids is 2. The van der Waals surface area contributed by atoms with E-state index in [0.717, 1.165) is 16.9 Å². The van der Waals surface area contributed by atoms with Crippen molar-refractivity contribution in [3.05, 3.63) is 16.0 Å². The van der Waals surface area contributed by atoms with Crippen LogP contribution in [-0.2, 0) is 20.7 Å². The van der Waals surface area contributed by atoms with Crippen molar-refractivity contribution in [2.45, 2.75) is 27.2 Å². The number of nitrogens with one attached hydrogen (secondary N) is 2. The third-order valence-electron chi connectivity index (χ3n) is 2.88. The zero-order valence-electron chi connectivity index (χ0n) is 13.1. The van der Waals surface area contributed by atoms with E-state index >= 15 is 0 Å². The second-order valence-corrected chi connectivity index (χ2v) is 5.93. The maximum atomic E-state index is 12.0. The van der Waals surface area contributed by atoms with Crippen LogP contribution in [0.3, 0.4) is 0 Å². The summed E-state index contributed by atoms with van der Waals surface area (Å²) >= 11 is 6.56. The van der Waals surface area contributed by atoms with Crippen molar-refractivity contribution in [3.63, 3.8) is 0 Å². The minimum absolute atomic E-state index is 0.0295. The van der Waals surface area contributed by atoms with E-state index in [1.54, 1.807) is 6.92 Å². The number of anilines is 1. The molecular formula is C14H20N2O4S2. The van der Waals surface area contributed by atoms with Crippen LogP contribution in [0.5, 0.6) is 0 Å². The molecule has 0 aliphatic carbocycles. The zero-order valence-corrected chi connectivity index (χ0v) is 14.7. The van der Waals surface area contributed by atoms with Crippen molar-refractivity contribution in [1.82, 2.24) is 5.32 Å². The van der Waals surface area contributed by atoms with Crippen LogP contribution in [0.25, 0.3) is 0 Å². The molecule has 1 heterocycles. The summed E-state index contributed by atoms with van der Waals surface area (Å²) in [6.45, 7) is 5.94. The molecular weight excluding hydrogens is 324 g/mol. The standard InChI is InChI=1S/C14H20N2O4S2/c1-5-9-8(3)22-12(11(9)13(18)19-4)16-14(21)15-7-10(17)20-6-2/h5-7H2,1-4H3,(H2,15,16,21). The fourth-order valence-electron chi connectivity index (χ4n) is 1.92. The number of hydrogen-bond acceptors (Lipinski definition) is 6. The molecule has 0 aliphatic rings. The predicted molar refractivity (Wildman–Crippen MR) is 90.6 cm³/mol. The van der Waals surface area contributed by atoms with E-state index in [2.05, 4.69) is 10.6 Å². The van der Waals surface area contributed by atoms with E-state index in [1.807, 2.05) is 13.8 Å². The molecule has 0 aromatic carbocycles. The van der Waals surface area contributed by atoms with Crippen molar-refractivity contribution >= 4 is 45.6 Å². The van der Waals surface area contributed by atoms with Gasteiger partial charge >= 0.3 is 11.9 Å². The molecule has 6 nitrogen and oxygen atoms in total. The second kappa shape index (κ2) is 8.70. The second-order valence-electron chi connectivity index (χ2n) is 4.30. The van der Waals surface area contributed by atoms with Gasteiger partial charge in [-0.3, -0.25) is 4.79 Å². The fraction of sp³-hybridized carbons (Fsp3) is 0.500. The van der Waals surface area contributed by atoms with Gasteiger partial charge in [0.1, 0.15) is 11.5 Å². The third-order valence-corrected chi connectivity index (χ3v) is 4.19. The van der Waals surface area contributed by atoms with Gasteiger partial charge in [0.2, 0.25) is 0 Å². The van der Waals surface area contributed by atoms with Gasteiger partial charge in [0, 0.05) is 4.88 Å². The Kier molecular flexibility index (Phi) is 7.26. The van der Waals surface area contributed by atoms with Crippen LogP contribution in [0.4, 0.5) is 5.00 Å². The Morgan fingerprint density at radius 2 is 2.00 bits per heavy atom. The van der Waals surface area contributed by atoms with Crippen LogP contribution < -0.4 is 10.6 Å². The number of carbonyl (C=O) groups is 2. The van der Waals surface area contributed by atoms with Gasteiger partial charge in [0.05, 0.1) is 19.3 Å². The molecule has 8 heteroatoms. The summed E-state index contributed by atoms with van der Waals surface area (Å²) in [6.07, 6.45) is 0.720. The highest BCUT2D eigenvalue weighted by molar-refractivity contribution is 7.80. The molecule has 0 atom stereocenters. The van der Waals surface area contributed by atoms with Crippen molar-refractivity contribution < 1.29 is 19.1 Å². The van der Waals surface area contributed by atoms with Crippen LogP contribution in [0, 0.1) is 6.92 Å². The number of ether oxygens (including phenoxy) is 2. The van der Waals surface area contributed by atoms with Gasteiger partial charge in [-0.05, 0) is 38.0 Å². The molecule has 122 valence electrons. The Morgan fingerprint density at radius 3 is 2.55 bits per heavy atom. The van der Waals surface area contributed by atoms with Gasteiger partial charge in [0.25, 0.3) is 0 Å². The van der Waals surface area contributed by atoms with Crippen molar-refractivity contribution in [3.8, 4) is 0 Å². The lowest BCUT2D eigenvalue weighted by atomic mass is 10.1. The Labute approximate surface area is 139 Å². The maximum absolute atomic E-state index is 12.0. The number of esters is 2. The Morgan fingerprint density at radius 1 is 1.32 bits per heavy atom. The Hall–Kier alpha value is -1.67. The quantitative estimate of drug-likeness (QED) is 0.605. The topological polar surface area (TPSA) is 76.7 Å². The van der Waals surface area contributed by atoms with Crippen LogP contribution in [-0.4, -0.2) is 37.3 Å². The summed E-state index contributed by atoms with van der Waals surface area (Å²) in [6, 6.07) is 0. The van der Waals surface area contributed by atoms with Crippen molar-refractivity contribution in [2.75, 3.05) is 25.6 Å². The summed E-state index contributed by atoms with van der Waals surface area (Å²) in [5.74, 6) is -0.798. The largest absolute Gasteiger partial charge is 0.465 e. The molecule has 22 heavy (non-hydrogen) atoms.